The topological polar surface area (TPSA) is 75.7 Å². The Morgan fingerprint density at radius 3 is 2.27 bits per heavy atom. The summed E-state index contributed by atoms with van der Waals surface area (Å²) in [7, 11) is -2.44. The van der Waals surface area contributed by atoms with Crippen LogP contribution < -0.4 is 14.4 Å². The molecule has 9 heteroatoms. The van der Waals surface area contributed by atoms with E-state index in [1.165, 1.54) is 0 Å². The van der Waals surface area contributed by atoms with Crippen LogP contribution in [-0.4, -0.2) is 34.2 Å². The third-order valence-corrected chi connectivity index (χ3v) is 5.55. The quantitative estimate of drug-likeness (QED) is 0.646. The van der Waals surface area contributed by atoms with E-state index < -0.39 is 34.1 Å². The standard InChI is InChI=1S/C21H26F2N2O4S/c1-14(2)11-19(15-5-8-17(29-3)9-6-15)24-21(26)13-25(30(4,27)28)20-10-7-16(22)12-18(20)23/h5-10,12,14,19H,11,13H2,1-4H3,(H,24,26)/t19-/m1/s1. The van der Waals surface area contributed by atoms with Crippen molar-refractivity contribution in [2.75, 3.05) is 24.2 Å². The summed E-state index contributed by atoms with van der Waals surface area (Å²) in [5.74, 6) is -1.60. The summed E-state index contributed by atoms with van der Waals surface area (Å²) in [5, 5.41) is 2.82. The molecule has 1 N–H and O–H groups in total. The minimum Gasteiger partial charge on any atom is -0.497 e. The van der Waals surface area contributed by atoms with Gasteiger partial charge in [-0.15, -0.1) is 0 Å². The summed E-state index contributed by atoms with van der Waals surface area (Å²) in [6, 6.07) is 9.31. The van der Waals surface area contributed by atoms with Gasteiger partial charge in [0.25, 0.3) is 0 Å². The highest BCUT2D eigenvalue weighted by molar-refractivity contribution is 7.92. The van der Waals surface area contributed by atoms with Crippen LogP contribution in [0.5, 0.6) is 5.75 Å². The molecule has 0 aliphatic heterocycles. The number of ether oxygens (including phenoxy) is 1. The Morgan fingerprint density at radius 2 is 1.77 bits per heavy atom. The van der Waals surface area contributed by atoms with E-state index in [1.54, 1.807) is 19.2 Å². The molecule has 0 spiro atoms. The van der Waals surface area contributed by atoms with Crippen LogP contribution in [0.25, 0.3) is 0 Å². The lowest BCUT2D eigenvalue weighted by Gasteiger charge is -2.25. The molecule has 0 saturated heterocycles. The molecule has 2 aromatic carbocycles. The molecule has 2 aromatic rings. The Bertz CT molecular complexity index is 979. The monoisotopic (exact) mass is 440 g/mol. The summed E-state index contributed by atoms with van der Waals surface area (Å²) in [6.07, 6.45) is 1.47. The SMILES string of the molecule is COc1ccc([C@@H](CC(C)C)NC(=O)CN(c2ccc(F)cc2F)S(C)(=O)=O)cc1. The number of nitrogens with zero attached hydrogens (tertiary/aromatic N) is 1. The lowest BCUT2D eigenvalue weighted by Crippen LogP contribution is -2.42. The Balaban J connectivity index is 2.25. The van der Waals surface area contributed by atoms with Gasteiger partial charge in [0, 0.05) is 6.07 Å². The molecule has 0 aliphatic rings. The Hall–Kier alpha value is -2.68. The van der Waals surface area contributed by atoms with Crippen LogP contribution in [0.3, 0.4) is 0 Å². The molecular formula is C21H26F2N2O4S. The van der Waals surface area contributed by atoms with Gasteiger partial charge in [-0.25, -0.2) is 17.2 Å². The van der Waals surface area contributed by atoms with E-state index in [0.717, 1.165) is 24.0 Å². The lowest BCUT2D eigenvalue weighted by atomic mass is 9.97. The van der Waals surface area contributed by atoms with Gasteiger partial charge in [-0.05, 0) is 42.2 Å². The van der Waals surface area contributed by atoms with Gasteiger partial charge in [-0.3, -0.25) is 9.10 Å². The normalized spacial score (nSPS) is 12.5. The fourth-order valence-corrected chi connectivity index (χ4v) is 3.88. The predicted molar refractivity (Wildman–Crippen MR) is 112 cm³/mol. The molecule has 0 radical (unpaired) electrons. The van der Waals surface area contributed by atoms with Crippen molar-refractivity contribution in [3.63, 3.8) is 0 Å². The molecule has 1 atom stereocenters. The zero-order valence-electron chi connectivity index (χ0n) is 17.4. The number of sulfonamides is 1. The average Bonchev–Trinajstić information content (AvgIpc) is 2.65. The highest BCUT2D eigenvalue weighted by Gasteiger charge is 2.25. The average molecular weight is 441 g/mol. The highest BCUT2D eigenvalue weighted by atomic mass is 32.2. The predicted octanol–water partition coefficient (Wildman–Crippen LogP) is 3.64. The van der Waals surface area contributed by atoms with Gasteiger partial charge in [0.2, 0.25) is 15.9 Å². The van der Waals surface area contributed by atoms with Gasteiger partial charge in [-0.1, -0.05) is 26.0 Å². The second kappa shape index (κ2) is 9.88. The number of nitrogens with one attached hydrogen (secondary N) is 1. The van der Waals surface area contributed by atoms with Gasteiger partial charge in [0.15, 0.2) is 0 Å². The van der Waals surface area contributed by atoms with Crippen LogP contribution >= 0.6 is 0 Å². The second-order valence-electron chi connectivity index (χ2n) is 7.39. The second-order valence-corrected chi connectivity index (χ2v) is 9.29. The van der Waals surface area contributed by atoms with E-state index in [-0.39, 0.29) is 17.6 Å². The van der Waals surface area contributed by atoms with Crippen LogP contribution in [0.2, 0.25) is 0 Å². The van der Waals surface area contributed by atoms with E-state index in [9.17, 15) is 22.0 Å². The third-order valence-electron chi connectivity index (χ3n) is 4.43. The first-order chi connectivity index (χ1) is 14.0. The molecule has 0 aliphatic carbocycles. The molecule has 0 bridgehead atoms. The van der Waals surface area contributed by atoms with E-state index in [4.69, 9.17) is 4.74 Å². The van der Waals surface area contributed by atoms with Crippen molar-refractivity contribution < 1.29 is 26.7 Å². The first-order valence-electron chi connectivity index (χ1n) is 9.37. The smallest absolute Gasteiger partial charge is 0.241 e. The molecule has 0 aromatic heterocycles. The fourth-order valence-electron chi connectivity index (χ4n) is 3.02. The number of hydrogen-bond acceptors (Lipinski definition) is 4. The van der Waals surface area contributed by atoms with Gasteiger partial charge in [-0.2, -0.15) is 0 Å². The molecule has 2 rings (SSSR count). The summed E-state index contributed by atoms with van der Waals surface area (Å²) in [5.41, 5.74) is 0.440. The van der Waals surface area contributed by atoms with Gasteiger partial charge < -0.3 is 10.1 Å². The van der Waals surface area contributed by atoms with Crippen LogP contribution in [0.15, 0.2) is 42.5 Å². The van der Waals surface area contributed by atoms with Crippen LogP contribution in [0, 0.1) is 17.6 Å². The maximum absolute atomic E-state index is 14.2. The lowest BCUT2D eigenvalue weighted by molar-refractivity contribution is -0.120. The van der Waals surface area contributed by atoms with Crippen molar-refractivity contribution in [1.29, 1.82) is 0 Å². The summed E-state index contributed by atoms with van der Waals surface area (Å²) < 4.78 is 57.5. The first kappa shape index (κ1) is 23.6. The Labute approximate surface area is 175 Å². The molecule has 0 unspecified atom stereocenters. The minimum absolute atomic E-state index is 0.248. The van der Waals surface area contributed by atoms with E-state index in [1.807, 2.05) is 26.0 Å². The number of carbonyl (C=O) groups is 1. The van der Waals surface area contributed by atoms with Crippen molar-refractivity contribution >= 4 is 21.6 Å². The first-order valence-corrected chi connectivity index (χ1v) is 11.2. The molecular weight excluding hydrogens is 414 g/mol. The van der Waals surface area contributed by atoms with Crippen LogP contribution in [-0.2, 0) is 14.8 Å². The summed E-state index contributed by atoms with van der Waals surface area (Å²) >= 11 is 0. The molecule has 30 heavy (non-hydrogen) atoms. The molecule has 1 amide bonds. The maximum Gasteiger partial charge on any atom is 0.241 e. The van der Waals surface area contributed by atoms with E-state index >= 15 is 0 Å². The van der Waals surface area contributed by atoms with E-state index in [0.29, 0.717) is 22.5 Å². The van der Waals surface area contributed by atoms with E-state index in [2.05, 4.69) is 5.32 Å². The van der Waals surface area contributed by atoms with Crippen LogP contribution in [0.4, 0.5) is 14.5 Å². The molecule has 0 saturated carbocycles. The minimum atomic E-state index is -3.99. The summed E-state index contributed by atoms with van der Waals surface area (Å²) in [4.78, 5) is 12.7. The number of anilines is 1. The highest BCUT2D eigenvalue weighted by Crippen LogP contribution is 2.25. The van der Waals surface area contributed by atoms with Crippen molar-refractivity contribution in [2.24, 2.45) is 5.92 Å². The number of rotatable bonds is 9. The van der Waals surface area contributed by atoms with Gasteiger partial charge in [0.1, 0.15) is 23.9 Å². The molecule has 6 nitrogen and oxygen atoms in total. The van der Waals surface area contributed by atoms with Crippen molar-refractivity contribution in [3.8, 4) is 5.75 Å². The maximum atomic E-state index is 14.2. The van der Waals surface area contributed by atoms with Crippen molar-refractivity contribution in [2.45, 2.75) is 26.3 Å². The number of amides is 1. The van der Waals surface area contributed by atoms with Crippen molar-refractivity contribution in [3.05, 3.63) is 59.7 Å². The van der Waals surface area contributed by atoms with Crippen LogP contribution in [0.1, 0.15) is 31.9 Å². The largest absolute Gasteiger partial charge is 0.497 e. The zero-order valence-corrected chi connectivity index (χ0v) is 18.2. The van der Waals surface area contributed by atoms with Gasteiger partial charge >= 0.3 is 0 Å². The molecule has 0 heterocycles. The summed E-state index contributed by atoms with van der Waals surface area (Å²) in [6.45, 7) is 3.37. The zero-order chi connectivity index (χ0) is 22.5. The third kappa shape index (κ3) is 6.41. The number of benzene rings is 2. The molecule has 164 valence electrons. The number of hydrogen-bond donors (Lipinski definition) is 1. The molecule has 0 fully saturated rings. The Morgan fingerprint density at radius 1 is 1.13 bits per heavy atom. The Kier molecular flexibility index (Phi) is 7.77. The van der Waals surface area contributed by atoms with Gasteiger partial charge in [0.05, 0.1) is 25.1 Å². The number of halogens is 2. The fraction of sp³-hybridized carbons (Fsp3) is 0.381. The van der Waals surface area contributed by atoms with Crippen molar-refractivity contribution in [1.82, 2.24) is 5.32 Å². The number of carbonyl (C=O) groups excluding carboxylic acids is 1. The number of methoxy groups -OCH3 is 1.